The molecule has 4 amide bonds. The molecule has 42 heavy (non-hydrogen) atoms. The normalized spacial score (nSPS) is 17.9. The highest BCUT2D eigenvalue weighted by Gasteiger charge is 2.53. The molecule has 1 saturated heterocycles. The molecule has 7 rings (SSSR count). The van der Waals surface area contributed by atoms with Crippen molar-refractivity contribution in [2.45, 2.75) is 38.8 Å². The number of carbonyl (C=O) groups is 3. The lowest BCUT2D eigenvalue weighted by molar-refractivity contribution is -0.120. The Hall–Kier alpha value is -5.17. The van der Waals surface area contributed by atoms with Gasteiger partial charge in [-0.1, -0.05) is 61.5 Å². The van der Waals surface area contributed by atoms with Crippen molar-refractivity contribution in [2.75, 3.05) is 10.2 Å². The summed E-state index contributed by atoms with van der Waals surface area (Å²) in [5.41, 5.74) is 7.83. The molecule has 1 fully saturated rings. The number of aromatic amines is 1. The third-order valence-electron chi connectivity index (χ3n) is 8.54. The third-order valence-corrected chi connectivity index (χ3v) is 8.54. The fraction of sp³-hybridized carbons (Fsp3) is 0.171. The molecule has 2 N–H and O–H groups in total. The number of rotatable bonds is 5. The monoisotopic (exact) mass is 554 g/mol. The number of carbonyl (C=O) groups excluding carboxylic acids is 3. The molecule has 5 aromatic rings. The number of amides is 4. The van der Waals surface area contributed by atoms with Gasteiger partial charge in [0.1, 0.15) is 12.1 Å². The molecule has 2 unspecified atom stereocenters. The largest absolute Gasteiger partial charge is 0.356 e. The average Bonchev–Trinajstić information content (AvgIpc) is 3.51. The van der Waals surface area contributed by atoms with E-state index in [-0.39, 0.29) is 17.8 Å². The number of nitrogens with zero attached hydrogens (tertiary/aromatic N) is 2. The Morgan fingerprint density at radius 1 is 0.905 bits per heavy atom. The Morgan fingerprint density at radius 2 is 1.62 bits per heavy atom. The molecular weight excluding hydrogens is 524 g/mol. The number of aromatic nitrogens is 1. The van der Waals surface area contributed by atoms with Crippen LogP contribution in [-0.4, -0.2) is 33.8 Å². The fourth-order valence-corrected chi connectivity index (χ4v) is 6.32. The van der Waals surface area contributed by atoms with Gasteiger partial charge in [-0.05, 0) is 78.1 Å². The van der Waals surface area contributed by atoms with Gasteiger partial charge in [0.2, 0.25) is 0 Å². The van der Waals surface area contributed by atoms with Crippen LogP contribution in [0.15, 0.2) is 97.1 Å². The number of para-hydroxylation sites is 1. The molecule has 0 spiro atoms. The molecule has 0 saturated carbocycles. The number of aryl methyl sites for hydroxylation is 2. The molecule has 208 valence electrons. The molecule has 1 aromatic heterocycles. The number of fused-ring (bicyclic) bond motifs is 4. The molecule has 0 radical (unpaired) electrons. The molecule has 4 aromatic carbocycles. The Labute approximate surface area is 243 Å². The zero-order valence-corrected chi connectivity index (χ0v) is 23.4. The number of H-pyrrole nitrogens is 1. The first kappa shape index (κ1) is 25.8. The molecule has 2 aliphatic heterocycles. The standard InChI is InChI=1S/C35H30N4O3/c1-3-22-12-16-24(17-13-22)36-33(40)23-14-18-25(19-15-23)38-34(41)30-20-28-27-10-6-7-11-29(27)37-31(28)32(39(30)35(38)42)26-9-5-4-8-21(26)2/h4-19,30,32,37H,3,20H2,1-2H3,(H,36,40). The summed E-state index contributed by atoms with van der Waals surface area (Å²) < 4.78 is 0. The molecular formula is C35H30N4O3. The van der Waals surface area contributed by atoms with E-state index in [0.29, 0.717) is 23.4 Å². The van der Waals surface area contributed by atoms with Crippen LogP contribution in [0.25, 0.3) is 10.9 Å². The minimum atomic E-state index is -0.636. The Morgan fingerprint density at radius 3 is 2.36 bits per heavy atom. The first-order valence-electron chi connectivity index (χ1n) is 14.3. The van der Waals surface area contributed by atoms with Crippen LogP contribution in [0.2, 0.25) is 0 Å². The highest BCUT2D eigenvalue weighted by molar-refractivity contribution is 6.22. The number of nitrogens with one attached hydrogen (secondary N) is 2. The first-order valence-corrected chi connectivity index (χ1v) is 14.3. The van der Waals surface area contributed by atoms with Gasteiger partial charge in [0.25, 0.3) is 11.8 Å². The summed E-state index contributed by atoms with van der Waals surface area (Å²) in [6.45, 7) is 4.11. The number of anilines is 2. The van der Waals surface area contributed by atoms with Crippen molar-refractivity contribution >= 4 is 40.1 Å². The predicted octanol–water partition coefficient (Wildman–Crippen LogP) is 6.77. The van der Waals surface area contributed by atoms with Gasteiger partial charge in [-0.25, -0.2) is 9.69 Å². The van der Waals surface area contributed by atoms with Gasteiger partial charge in [-0.3, -0.25) is 14.5 Å². The summed E-state index contributed by atoms with van der Waals surface area (Å²) in [5.74, 6) is -0.519. The number of imide groups is 1. The van der Waals surface area contributed by atoms with E-state index in [9.17, 15) is 14.4 Å². The SMILES string of the molecule is CCc1ccc(NC(=O)c2ccc(N3C(=O)C4Cc5c([nH]c6ccccc56)C(c5ccccc5C)N4C3=O)cc2)cc1. The molecule has 2 atom stereocenters. The maximum atomic E-state index is 14.1. The van der Waals surface area contributed by atoms with E-state index in [1.807, 2.05) is 73.7 Å². The summed E-state index contributed by atoms with van der Waals surface area (Å²) in [6.07, 6.45) is 1.36. The minimum Gasteiger partial charge on any atom is -0.356 e. The van der Waals surface area contributed by atoms with Crippen molar-refractivity contribution in [2.24, 2.45) is 0 Å². The zero-order chi connectivity index (χ0) is 29.0. The van der Waals surface area contributed by atoms with Gasteiger partial charge in [0.05, 0.1) is 5.69 Å². The van der Waals surface area contributed by atoms with Crippen LogP contribution in [0.4, 0.5) is 16.2 Å². The second-order valence-corrected chi connectivity index (χ2v) is 11.0. The van der Waals surface area contributed by atoms with E-state index in [4.69, 9.17) is 0 Å². The van der Waals surface area contributed by atoms with E-state index in [2.05, 4.69) is 23.3 Å². The molecule has 7 heteroatoms. The second kappa shape index (κ2) is 10.0. The molecule has 3 heterocycles. The van der Waals surface area contributed by atoms with Gasteiger partial charge in [0, 0.05) is 34.3 Å². The lowest BCUT2D eigenvalue weighted by Gasteiger charge is -2.36. The van der Waals surface area contributed by atoms with Crippen molar-refractivity contribution in [3.05, 3.63) is 131 Å². The van der Waals surface area contributed by atoms with E-state index in [0.717, 1.165) is 39.7 Å². The maximum Gasteiger partial charge on any atom is 0.332 e. The molecule has 2 aliphatic rings. The van der Waals surface area contributed by atoms with Crippen molar-refractivity contribution in [3.63, 3.8) is 0 Å². The summed E-state index contributed by atoms with van der Waals surface area (Å²) in [6, 6.07) is 29.0. The van der Waals surface area contributed by atoms with Gasteiger partial charge < -0.3 is 10.3 Å². The summed E-state index contributed by atoms with van der Waals surface area (Å²) in [7, 11) is 0. The Balaban J connectivity index is 1.22. The zero-order valence-electron chi connectivity index (χ0n) is 23.4. The summed E-state index contributed by atoms with van der Waals surface area (Å²) in [5, 5.41) is 3.98. The van der Waals surface area contributed by atoms with Crippen LogP contribution < -0.4 is 10.2 Å². The van der Waals surface area contributed by atoms with Crippen LogP contribution in [0.1, 0.15) is 51.3 Å². The van der Waals surface area contributed by atoms with Crippen molar-refractivity contribution in [1.29, 1.82) is 0 Å². The topological polar surface area (TPSA) is 85.5 Å². The Bertz CT molecular complexity index is 1860. The fourth-order valence-electron chi connectivity index (χ4n) is 6.32. The maximum absolute atomic E-state index is 14.1. The third kappa shape index (κ3) is 4.08. The van der Waals surface area contributed by atoms with E-state index in [1.54, 1.807) is 29.2 Å². The molecule has 7 nitrogen and oxygen atoms in total. The van der Waals surface area contributed by atoms with Crippen LogP contribution >= 0.6 is 0 Å². The Kier molecular flexibility index (Phi) is 6.16. The number of hydrogen-bond acceptors (Lipinski definition) is 3. The molecule has 0 bridgehead atoms. The predicted molar refractivity (Wildman–Crippen MR) is 164 cm³/mol. The number of hydrogen-bond donors (Lipinski definition) is 2. The highest BCUT2D eigenvalue weighted by atomic mass is 16.2. The van der Waals surface area contributed by atoms with Crippen LogP contribution in [0.3, 0.4) is 0 Å². The highest BCUT2D eigenvalue weighted by Crippen LogP contribution is 2.45. The van der Waals surface area contributed by atoms with Crippen LogP contribution in [-0.2, 0) is 17.6 Å². The average molecular weight is 555 g/mol. The van der Waals surface area contributed by atoms with Gasteiger partial charge >= 0.3 is 6.03 Å². The van der Waals surface area contributed by atoms with Gasteiger partial charge in [0.15, 0.2) is 0 Å². The lowest BCUT2D eigenvalue weighted by Crippen LogP contribution is -2.44. The summed E-state index contributed by atoms with van der Waals surface area (Å²) in [4.78, 5) is 47.5. The van der Waals surface area contributed by atoms with E-state index >= 15 is 0 Å². The number of urea groups is 1. The number of benzene rings is 4. The van der Waals surface area contributed by atoms with Crippen LogP contribution in [0.5, 0.6) is 0 Å². The van der Waals surface area contributed by atoms with Crippen molar-refractivity contribution < 1.29 is 14.4 Å². The van der Waals surface area contributed by atoms with E-state index in [1.165, 1.54) is 10.5 Å². The first-order chi connectivity index (χ1) is 20.4. The second-order valence-electron chi connectivity index (χ2n) is 11.0. The van der Waals surface area contributed by atoms with Crippen molar-refractivity contribution in [3.8, 4) is 0 Å². The van der Waals surface area contributed by atoms with E-state index < -0.39 is 12.1 Å². The van der Waals surface area contributed by atoms with Gasteiger partial charge in [-0.15, -0.1) is 0 Å². The lowest BCUT2D eigenvalue weighted by atomic mass is 9.87. The minimum absolute atomic E-state index is 0.257. The van der Waals surface area contributed by atoms with Gasteiger partial charge in [-0.2, -0.15) is 0 Å². The summed E-state index contributed by atoms with van der Waals surface area (Å²) >= 11 is 0. The quantitative estimate of drug-likeness (QED) is 0.235. The smallest absolute Gasteiger partial charge is 0.332 e. The van der Waals surface area contributed by atoms with Crippen molar-refractivity contribution in [1.82, 2.24) is 9.88 Å². The van der Waals surface area contributed by atoms with Crippen LogP contribution in [0, 0.1) is 6.92 Å². The molecule has 0 aliphatic carbocycles.